The summed E-state index contributed by atoms with van der Waals surface area (Å²) in [5.74, 6) is 3.15. The third kappa shape index (κ3) is 3.45. The largest absolute Gasteiger partial charge is 0.481 e. The standard InChI is InChI=1S/C26H40O5/c1-5-26(31)11-10-24(3)16(14-26)12-20(27)23-18-8-7-17(15(2)6-9-22(29)30)25(18,4)21(28)13-19(23)24/h1,15-21,23,27-28,31H,6-14H2,2-4H3,(H,29,30)/t15-,16?,17-,18?,19?,20?,21?,23?,24+,25-,26?/m1/s1. The average molecular weight is 433 g/mol. The quantitative estimate of drug-likeness (QED) is 0.510. The Morgan fingerprint density at radius 3 is 2.52 bits per heavy atom. The zero-order chi connectivity index (χ0) is 22.8. The lowest BCUT2D eigenvalue weighted by molar-refractivity contribution is -0.211. The van der Waals surface area contributed by atoms with Crippen molar-refractivity contribution in [2.75, 3.05) is 0 Å². The molecule has 0 radical (unpaired) electrons. The molecule has 5 heteroatoms. The first-order valence-corrected chi connectivity index (χ1v) is 12.2. The zero-order valence-corrected chi connectivity index (χ0v) is 19.3. The third-order valence-corrected chi connectivity index (χ3v) is 10.7. The average Bonchev–Trinajstić information content (AvgIpc) is 3.07. The Balaban J connectivity index is 1.61. The number of aliphatic hydroxyl groups is 3. The van der Waals surface area contributed by atoms with Gasteiger partial charge in [-0.3, -0.25) is 4.79 Å². The molecular weight excluding hydrogens is 392 g/mol. The van der Waals surface area contributed by atoms with E-state index in [9.17, 15) is 20.1 Å². The number of aliphatic hydroxyl groups excluding tert-OH is 2. The van der Waals surface area contributed by atoms with Crippen molar-refractivity contribution in [2.24, 2.45) is 46.3 Å². The smallest absolute Gasteiger partial charge is 0.303 e. The van der Waals surface area contributed by atoms with Crippen molar-refractivity contribution in [3.63, 3.8) is 0 Å². The van der Waals surface area contributed by atoms with Gasteiger partial charge in [0.15, 0.2) is 0 Å². The zero-order valence-electron chi connectivity index (χ0n) is 19.3. The molecule has 0 spiro atoms. The van der Waals surface area contributed by atoms with E-state index >= 15 is 0 Å². The molecular formula is C26H40O5. The molecule has 4 fully saturated rings. The van der Waals surface area contributed by atoms with Crippen LogP contribution in [0.3, 0.4) is 0 Å². The van der Waals surface area contributed by atoms with E-state index in [4.69, 9.17) is 11.5 Å². The molecule has 0 aromatic carbocycles. The lowest BCUT2D eigenvalue weighted by atomic mass is 9.42. The number of carboxylic acid groups (broad SMARTS) is 1. The molecule has 4 aliphatic carbocycles. The molecule has 11 atom stereocenters. The van der Waals surface area contributed by atoms with Crippen LogP contribution in [0.4, 0.5) is 0 Å². The van der Waals surface area contributed by atoms with Crippen LogP contribution in [-0.4, -0.2) is 44.2 Å². The summed E-state index contributed by atoms with van der Waals surface area (Å²) in [4.78, 5) is 11.1. The van der Waals surface area contributed by atoms with Crippen LogP contribution in [0.1, 0.15) is 78.6 Å². The van der Waals surface area contributed by atoms with E-state index < -0.39 is 23.8 Å². The molecule has 0 aliphatic heterocycles. The second-order valence-corrected chi connectivity index (χ2v) is 11.9. The minimum Gasteiger partial charge on any atom is -0.481 e. The van der Waals surface area contributed by atoms with Crippen LogP contribution in [0.2, 0.25) is 0 Å². The van der Waals surface area contributed by atoms with Gasteiger partial charge < -0.3 is 20.4 Å². The van der Waals surface area contributed by atoms with Crippen molar-refractivity contribution in [1.82, 2.24) is 0 Å². The van der Waals surface area contributed by atoms with E-state index in [1.54, 1.807) is 0 Å². The van der Waals surface area contributed by atoms with E-state index in [1.165, 1.54) is 0 Å². The van der Waals surface area contributed by atoms with Gasteiger partial charge in [-0.15, -0.1) is 6.42 Å². The lowest BCUT2D eigenvalue weighted by Crippen LogP contribution is -2.63. The number of hydrogen-bond donors (Lipinski definition) is 4. The second-order valence-electron chi connectivity index (χ2n) is 11.9. The van der Waals surface area contributed by atoms with Crippen LogP contribution < -0.4 is 0 Å². The minimum absolute atomic E-state index is 0.0255. The van der Waals surface area contributed by atoms with Crippen LogP contribution in [0.5, 0.6) is 0 Å². The van der Waals surface area contributed by atoms with E-state index in [-0.39, 0.29) is 52.8 Å². The van der Waals surface area contributed by atoms with Gasteiger partial charge in [-0.25, -0.2) is 0 Å². The van der Waals surface area contributed by atoms with Crippen LogP contribution in [0, 0.1) is 58.7 Å². The molecule has 4 rings (SSSR count). The van der Waals surface area contributed by atoms with Gasteiger partial charge in [-0.2, -0.15) is 0 Å². The Hall–Kier alpha value is -1.09. The maximum absolute atomic E-state index is 11.5. The summed E-state index contributed by atoms with van der Waals surface area (Å²) in [6.45, 7) is 6.64. The van der Waals surface area contributed by atoms with Gasteiger partial charge in [-0.1, -0.05) is 26.7 Å². The van der Waals surface area contributed by atoms with Crippen LogP contribution in [0.15, 0.2) is 0 Å². The number of carboxylic acids is 1. The molecule has 7 unspecified atom stereocenters. The van der Waals surface area contributed by atoms with Crippen molar-refractivity contribution >= 4 is 5.97 Å². The summed E-state index contributed by atoms with van der Waals surface area (Å²) in [5.41, 5.74) is -1.38. The Kier molecular flexibility index (Phi) is 5.77. The Morgan fingerprint density at radius 1 is 1.16 bits per heavy atom. The highest BCUT2D eigenvalue weighted by atomic mass is 16.4. The molecule has 4 aliphatic rings. The van der Waals surface area contributed by atoms with Crippen LogP contribution in [0.25, 0.3) is 0 Å². The molecule has 31 heavy (non-hydrogen) atoms. The van der Waals surface area contributed by atoms with E-state index in [1.807, 2.05) is 0 Å². The predicted molar refractivity (Wildman–Crippen MR) is 118 cm³/mol. The highest BCUT2D eigenvalue weighted by Gasteiger charge is 2.66. The highest BCUT2D eigenvalue weighted by Crippen LogP contribution is 2.68. The molecule has 0 amide bonds. The monoisotopic (exact) mass is 432 g/mol. The number of fused-ring (bicyclic) bond motifs is 5. The van der Waals surface area contributed by atoms with Crippen molar-refractivity contribution in [3.8, 4) is 12.3 Å². The summed E-state index contributed by atoms with van der Waals surface area (Å²) in [5, 5.41) is 42.8. The Bertz CT molecular complexity index is 759. The normalized spacial score (nSPS) is 52.4. The van der Waals surface area contributed by atoms with Crippen molar-refractivity contribution in [3.05, 3.63) is 0 Å². The fraction of sp³-hybridized carbons (Fsp3) is 0.885. The topological polar surface area (TPSA) is 98.0 Å². The van der Waals surface area contributed by atoms with Crippen LogP contribution in [-0.2, 0) is 4.79 Å². The maximum atomic E-state index is 11.5. The summed E-state index contributed by atoms with van der Waals surface area (Å²) < 4.78 is 0. The molecule has 0 saturated heterocycles. The van der Waals surface area contributed by atoms with E-state index in [2.05, 4.69) is 26.7 Å². The van der Waals surface area contributed by atoms with Crippen molar-refractivity contribution in [1.29, 1.82) is 0 Å². The molecule has 4 N–H and O–H groups in total. The molecule has 0 bridgehead atoms. The van der Waals surface area contributed by atoms with Gasteiger partial charge in [0.25, 0.3) is 0 Å². The van der Waals surface area contributed by atoms with Gasteiger partial charge in [0.05, 0.1) is 12.2 Å². The van der Waals surface area contributed by atoms with Gasteiger partial charge in [0, 0.05) is 6.42 Å². The molecule has 0 aromatic rings. The third-order valence-electron chi connectivity index (χ3n) is 10.7. The fourth-order valence-electron chi connectivity index (χ4n) is 8.83. The number of terminal acetylenes is 1. The Morgan fingerprint density at radius 2 is 1.87 bits per heavy atom. The Labute approximate surface area is 186 Å². The first-order chi connectivity index (χ1) is 14.5. The van der Waals surface area contributed by atoms with Gasteiger partial charge in [-0.05, 0) is 97.7 Å². The SMILES string of the molecule is C#CC1(O)CC[C@@]2(C)C(CC(O)C3C2CC(O)[C@@]2(C)C3CC[C@@H]2[C@H](C)CCC(=O)O)C1. The van der Waals surface area contributed by atoms with Crippen molar-refractivity contribution in [2.45, 2.75) is 96.4 Å². The second kappa shape index (κ2) is 7.75. The first kappa shape index (κ1) is 23.1. The molecule has 0 aromatic heterocycles. The van der Waals surface area contributed by atoms with E-state index in [0.29, 0.717) is 32.1 Å². The molecule has 4 saturated carbocycles. The summed E-state index contributed by atoms with van der Waals surface area (Å²) in [6.07, 6.45) is 10.8. The first-order valence-electron chi connectivity index (χ1n) is 12.2. The highest BCUT2D eigenvalue weighted by molar-refractivity contribution is 5.66. The number of rotatable bonds is 4. The summed E-state index contributed by atoms with van der Waals surface area (Å²) in [6, 6.07) is 0. The summed E-state index contributed by atoms with van der Waals surface area (Å²) in [7, 11) is 0. The van der Waals surface area contributed by atoms with Crippen molar-refractivity contribution < 1.29 is 25.2 Å². The fourth-order valence-corrected chi connectivity index (χ4v) is 8.83. The number of carbonyl (C=O) groups is 1. The van der Waals surface area contributed by atoms with E-state index in [0.717, 1.165) is 19.3 Å². The van der Waals surface area contributed by atoms with Crippen LogP contribution >= 0.6 is 0 Å². The maximum Gasteiger partial charge on any atom is 0.303 e. The predicted octanol–water partition coefficient (Wildman–Crippen LogP) is 3.45. The molecule has 5 nitrogen and oxygen atoms in total. The lowest BCUT2D eigenvalue weighted by Gasteiger charge is -2.64. The van der Waals surface area contributed by atoms with Gasteiger partial charge >= 0.3 is 5.97 Å². The molecule has 174 valence electrons. The number of hydrogen-bond acceptors (Lipinski definition) is 4. The van der Waals surface area contributed by atoms with Gasteiger partial charge in [0.2, 0.25) is 0 Å². The van der Waals surface area contributed by atoms with Gasteiger partial charge in [0.1, 0.15) is 5.60 Å². The summed E-state index contributed by atoms with van der Waals surface area (Å²) >= 11 is 0. The number of aliphatic carboxylic acids is 1. The molecule has 0 heterocycles. The minimum atomic E-state index is -1.07.